The van der Waals surface area contributed by atoms with E-state index in [-0.39, 0.29) is 36.6 Å². The number of rotatable bonds is 4. The predicted octanol–water partition coefficient (Wildman–Crippen LogP) is 2.68. The van der Waals surface area contributed by atoms with Crippen LogP contribution >= 0.6 is 0 Å². The van der Waals surface area contributed by atoms with Crippen LogP contribution in [0.3, 0.4) is 0 Å². The van der Waals surface area contributed by atoms with E-state index in [1.807, 2.05) is 20.8 Å². The van der Waals surface area contributed by atoms with Crippen molar-refractivity contribution >= 4 is 29.1 Å². The predicted molar refractivity (Wildman–Crippen MR) is 93.5 cm³/mol. The monoisotopic (exact) mass is 340 g/mol. The SMILES string of the molecule is Cc1ccc(NC(=O)c2ccn(C(C)C)n2)cc1N1C(=O)CCC1=O. The van der Waals surface area contributed by atoms with Crippen LogP contribution in [0.4, 0.5) is 11.4 Å². The number of aryl methyl sites for hydroxylation is 1. The van der Waals surface area contributed by atoms with Crippen molar-refractivity contribution in [2.75, 3.05) is 10.2 Å². The highest BCUT2D eigenvalue weighted by Gasteiger charge is 2.31. The molecule has 2 aromatic rings. The number of nitrogens with zero attached hydrogens (tertiary/aromatic N) is 3. The van der Waals surface area contributed by atoms with E-state index in [0.717, 1.165) is 5.56 Å². The lowest BCUT2D eigenvalue weighted by Crippen LogP contribution is -2.29. The molecule has 1 saturated heterocycles. The molecule has 3 rings (SSSR count). The fraction of sp³-hybridized carbons (Fsp3) is 0.333. The first-order valence-corrected chi connectivity index (χ1v) is 8.20. The molecule has 1 aromatic heterocycles. The van der Waals surface area contributed by atoms with Crippen molar-refractivity contribution in [2.24, 2.45) is 0 Å². The molecule has 0 aliphatic carbocycles. The third-order valence-electron chi connectivity index (χ3n) is 4.13. The van der Waals surface area contributed by atoms with Crippen molar-refractivity contribution in [3.05, 3.63) is 41.7 Å². The minimum atomic E-state index is -0.340. The number of nitrogens with one attached hydrogen (secondary N) is 1. The van der Waals surface area contributed by atoms with Gasteiger partial charge in [0.1, 0.15) is 0 Å². The van der Waals surface area contributed by atoms with Gasteiger partial charge in [0.2, 0.25) is 11.8 Å². The van der Waals surface area contributed by atoms with Crippen molar-refractivity contribution in [1.82, 2.24) is 9.78 Å². The lowest BCUT2D eigenvalue weighted by Gasteiger charge is -2.18. The average molecular weight is 340 g/mol. The molecule has 7 nitrogen and oxygen atoms in total. The van der Waals surface area contributed by atoms with Gasteiger partial charge in [0.25, 0.3) is 5.91 Å². The van der Waals surface area contributed by atoms with E-state index >= 15 is 0 Å². The number of imide groups is 1. The number of aromatic nitrogens is 2. The first-order chi connectivity index (χ1) is 11.9. The van der Waals surface area contributed by atoms with Crippen molar-refractivity contribution in [1.29, 1.82) is 0 Å². The van der Waals surface area contributed by atoms with Crippen molar-refractivity contribution < 1.29 is 14.4 Å². The number of carbonyl (C=O) groups excluding carboxylic acids is 3. The zero-order valence-corrected chi connectivity index (χ0v) is 14.4. The van der Waals surface area contributed by atoms with Crippen LogP contribution in [0.25, 0.3) is 0 Å². The molecule has 3 amide bonds. The molecule has 0 saturated carbocycles. The van der Waals surface area contributed by atoms with Gasteiger partial charge in [-0.1, -0.05) is 6.07 Å². The molecule has 0 atom stereocenters. The fourth-order valence-electron chi connectivity index (χ4n) is 2.72. The van der Waals surface area contributed by atoms with E-state index in [0.29, 0.717) is 17.1 Å². The number of anilines is 2. The highest BCUT2D eigenvalue weighted by atomic mass is 16.2. The molecule has 2 heterocycles. The van der Waals surface area contributed by atoms with E-state index < -0.39 is 0 Å². The van der Waals surface area contributed by atoms with Crippen LogP contribution in [0.15, 0.2) is 30.5 Å². The summed E-state index contributed by atoms with van der Waals surface area (Å²) in [4.78, 5) is 37.5. The summed E-state index contributed by atoms with van der Waals surface area (Å²) in [5.74, 6) is -0.771. The summed E-state index contributed by atoms with van der Waals surface area (Å²) in [6.45, 7) is 5.78. The standard InChI is InChI=1S/C18H20N4O3/c1-11(2)21-9-8-14(20-21)18(25)19-13-5-4-12(3)15(10-13)22-16(23)6-7-17(22)24/h4-5,8-11H,6-7H2,1-3H3,(H,19,25). The molecule has 1 fully saturated rings. The van der Waals surface area contributed by atoms with E-state index in [4.69, 9.17) is 0 Å². The molecular weight excluding hydrogens is 320 g/mol. The first-order valence-electron chi connectivity index (χ1n) is 8.20. The Morgan fingerprint density at radius 2 is 1.84 bits per heavy atom. The molecule has 0 radical (unpaired) electrons. The van der Waals surface area contributed by atoms with Gasteiger partial charge in [0.15, 0.2) is 5.69 Å². The van der Waals surface area contributed by atoms with Crippen molar-refractivity contribution in [3.8, 4) is 0 Å². The Morgan fingerprint density at radius 1 is 1.16 bits per heavy atom. The van der Waals surface area contributed by atoms with Gasteiger partial charge in [0.05, 0.1) is 5.69 Å². The molecule has 7 heteroatoms. The lowest BCUT2D eigenvalue weighted by molar-refractivity contribution is -0.121. The van der Waals surface area contributed by atoms with E-state index in [9.17, 15) is 14.4 Å². The smallest absolute Gasteiger partial charge is 0.276 e. The summed E-state index contributed by atoms with van der Waals surface area (Å²) in [6, 6.07) is 6.98. The summed E-state index contributed by atoms with van der Waals surface area (Å²) in [5.41, 5.74) is 2.13. The maximum Gasteiger partial charge on any atom is 0.276 e. The summed E-state index contributed by atoms with van der Waals surface area (Å²) in [5, 5.41) is 7.00. The zero-order valence-electron chi connectivity index (χ0n) is 14.4. The van der Waals surface area contributed by atoms with Gasteiger partial charge in [-0.05, 0) is 44.5 Å². The lowest BCUT2D eigenvalue weighted by atomic mass is 10.1. The number of carbonyl (C=O) groups is 3. The Hall–Kier alpha value is -2.96. The Morgan fingerprint density at radius 3 is 2.44 bits per heavy atom. The quantitative estimate of drug-likeness (QED) is 0.867. The second-order valence-corrected chi connectivity index (χ2v) is 6.35. The average Bonchev–Trinajstić information content (AvgIpc) is 3.17. The summed E-state index contributed by atoms with van der Waals surface area (Å²) >= 11 is 0. The topological polar surface area (TPSA) is 84.3 Å². The van der Waals surface area contributed by atoms with Gasteiger partial charge in [-0.2, -0.15) is 5.10 Å². The van der Waals surface area contributed by atoms with Crippen LogP contribution in [0.5, 0.6) is 0 Å². The van der Waals surface area contributed by atoms with Gasteiger partial charge in [0, 0.05) is 30.8 Å². The van der Waals surface area contributed by atoms with Crippen molar-refractivity contribution in [3.63, 3.8) is 0 Å². The molecule has 1 N–H and O–H groups in total. The number of amides is 3. The minimum absolute atomic E-state index is 0.166. The minimum Gasteiger partial charge on any atom is -0.321 e. The molecular formula is C18H20N4O3. The van der Waals surface area contributed by atoms with Crippen molar-refractivity contribution in [2.45, 2.75) is 39.7 Å². The van der Waals surface area contributed by atoms with E-state index in [1.54, 1.807) is 35.1 Å². The maximum absolute atomic E-state index is 12.4. The molecule has 130 valence electrons. The van der Waals surface area contributed by atoms with Crippen LogP contribution < -0.4 is 10.2 Å². The molecule has 0 unspecified atom stereocenters. The van der Waals surface area contributed by atoms with Gasteiger partial charge >= 0.3 is 0 Å². The van der Waals surface area contributed by atoms with Gasteiger partial charge in [-0.3, -0.25) is 24.0 Å². The van der Waals surface area contributed by atoms with E-state index in [1.165, 1.54) is 4.90 Å². The maximum atomic E-state index is 12.4. The summed E-state index contributed by atoms with van der Waals surface area (Å²) in [7, 11) is 0. The number of hydrogen-bond donors (Lipinski definition) is 1. The second kappa shape index (κ2) is 6.51. The largest absolute Gasteiger partial charge is 0.321 e. The van der Waals surface area contributed by atoms with Gasteiger partial charge < -0.3 is 5.32 Å². The Bertz CT molecular complexity index is 838. The molecule has 1 aliphatic heterocycles. The molecule has 0 bridgehead atoms. The van der Waals surface area contributed by atoms with Crippen LogP contribution in [0.1, 0.15) is 48.8 Å². The van der Waals surface area contributed by atoms with Crippen LogP contribution in [0.2, 0.25) is 0 Å². The van der Waals surface area contributed by atoms with Gasteiger partial charge in [-0.15, -0.1) is 0 Å². The molecule has 0 spiro atoms. The Labute approximate surface area is 145 Å². The van der Waals surface area contributed by atoms with Crippen LogP contribution in [0, 0.1) is 6.92 Å². The highest BCUT2D eigenvalue weighted by molar-refractivity contribution is 6.20. The normalized spacial score (nSPS) is 14.5. The third kappa shape index (κ3) is 3.31. The summed E-state index contributed by atoms with van der Waals surface area (Å²) < 4.78 is 1.71. The number of hydrogen-bond acceptors (Lipinski definition) is 4. The summed E-state index contributed by atoms with van der Waals surface area (Å²) in [6.07, 6.45) is 2.20. The van der Waals surface area contributed by atoms with E-state index in [2.05, 4.69) is 10.4 Å². The molecule has 25 heavy (non-hydrogen) atoms. The molecule has 1 aromatic carbocycles. The zero-order chi connectivity index (χ0) is 18.1. The van der Waals surface area contributed by atoms with Gasteiger partial charge in [-0.25, -0.2) is 0 Å². The number of benzene rings is 1. The molecule has 1 aliphatic rings. The van der Waals surface area contributed by atoms with Crippen LogP contribution in [-0.4, -0.2) is 27.5 Å². The van der Waals surface area contributed by atoms with Crippen LogP contribution in [-0.2, 0) is 9.59 Å². The Kier molecular flexibility index (Phi) is 4.39. The fourth-order valence-corrected chi connectivity index (χ4v) is 2.72. The Balaban J connectivity index is 1.83. The second-order valence-electron chi connectivity index (χ2n) is 6.35. The highest BCUT2D eigenvalue weighted by Crippen LogP contribution is 2.29. The first kappa shape index (κ1) is 16.9. The third-order valence-corrected chi connectivity index (χ3v) is 4.13.